The van der Waals surface area contributed by atoms with E-state index in [-0.39, 0.29) is 10.7 Å². The predicted molar refractivity (Wildman–Crippen MR) is 85.0 cm³/mol. The van der Waals surface area contributed by atoms with Crippen LogP contribution in [0, 0.1) is 0 Å². The lowest BCUT2D eigenvalue weighted by molar-refractivity contribution is 0.770. The van der Waals surface area contributed by atoms with E-state index < -0.39 is 10.9 Å². The molecule has 3 rings (SSSR count). The standard InChI is InChI=1S/C13H11N7O2S/c1-20-10(4-5-15-20)17-18-11-9(21)3-2-8(12(11)22)16-19-13-14-6-7-23-13/h2-7,17H,1H3,(H,14,19)/b16-8+,18-11+. The molecule has 0 aliphatic carbocycles. The van der Waals surface area contributed by atoms with Gasteiger partial charge in [-0.1, -0.05) is 0 Å². The topological polar surface area (TPSA) is 114 Å². The van der Waals surface area contributed by atoms with E-state index in [1.807, 2.05) is 0 Å². The molecule has 0 amide bonds. The van der Waals surface area contributed by atoms with Crippen molar-refractivity contribution < 1.29 is 0 Å². The molecule has 3 aromatic rings. The van der Waals surface area contributed by atoms with E-state index in [1.54, 1.807) is 30.9 Å². The van der Waals surface area contributed by atoms with Gasteiger partial charge in [0.15, 0.2) is 5.36 Å². The van der Waals surface area contributed by atoms with Crippen molar-refractivity contribution in [2.45, 2.75) is 0 Å². The Bertz CT molecular complexity index is 1030. The highest BCUT2D eigenvalue weighted by atomic mass is 32.1. The Kier molecular flexibility index (Phi) is 4.06. The van der Waals surface area contributed by atoms with Gasteiger partial charge in [0, 0.05) is 24.7 Å². The maximum absolute atomic E-state index is 12.3. The summed E-state index contributed by atoms with van der Waals surface area (Å²) in [5.74, 6) is 0.548. The minimum Gasteiger partial charge on any atom is -0.287 e. The Labute approximate surface area is 133 Å². The van der Waals surface area contributed by atoms with Crippen molar-refractivity contribution in [1.29, 1.82) is 0 Å². The van der Waals surface area contributed by atoms with Gasteiger partial charge in [0.05, 0.1) is 6.20 Å². The summed E-state index contributed by atoms with van der Waals surface area (Å²) in [6.45, 7) is 0. The number of thiazole rings is 1. The van der Waals surface area contributed by atoms with Crippen LogP contribution in [0.15, 0.2) is 55.8 Å². The fraction of sp³-hybridized carbons (Fsp3) is 0.0769. The fourth-order valence-corrected chi connectivity index (χ4v) is 2.19. The third-order valence-electron chi connectivity index (χ3n) is 2.88. The number of hydrogen-bond donors (Lipinski definition) is 2. The molecule has 0 aliphatic rings. The zero-order chi connectivity index (χ0) is 16.2. The quantitative estimate of drug-likeness (QED) is 0.614. The first kappa shape index (κ1) is 14.8. The average Bonchev–Trinajstić information content (AvgIpc) is 3.18. The van der Waals surface area contributed by atoms with Crippen LogP contribution in [0.3, 0.4) is 0 Å². The van der Waals surface area contributed by atoms with Crippen LogP contribution in [0.2, 0.25) is 0 Å². The van der Waals surface area contributed by atoms with Crippen molar-refractivity contribution in [3.8, 4) is 0 Å². The Morgan fingerprint density at radius 3 is 2.70 bits per heavy atom. The molecule has 0 saturated heterocycles. The lowest BCUT2D eigenvalue weighted by Crippen LogP contribution is -2.48. The monoisotopic (exact) mass is 329 g/mol. The van der Waals surface area contributed by atoms with Gasteiger partial charge in [-0.25, -0.2) is 4.98 Å². The summed E-state index contributed by atoms with van der Waals surface area (Å²) in [7, 11) is 1.71. The molecule has 10 heteroatoms. The van der Waals surface area contributed by atoms with Crippen LogP contribution < -0.4 is 32.4 Å². The Morgan fingerprint density at radius 2 is 2.00 bits per heavy atom. The van der Waals surface area contributed by atoms with E-state index in [4.69, 9.17) is 0 Å². The van der Waals surface area contributed by atoms with Gasteiger partial charge < -0.3 is 0 Å². The zero-order valence-corrected chi connectivity index (χ0v) is 12.7. The summed E-state index contributed by atoms with van der Waals surface area (Å²) in [5, 5.41) is 13.9. The molecular formula is C13H11N7O2S. The summed E-state index contributed by atoms with van der Waals surface area (Å²) >= 11 is 1.34. The molecule has 0 spiro atoms. The average molecular weight is 329 g/mol. The van der Waals surface area contributed by atoms with Crippen LogP contribution in [0.1, 0.15) is 0 Å². The first-order valence-corrected chi connectivity index (χ1v) is 7.35. The molecule has 0 unspecified atom stereocenters. The molecule has 9 nitrogen and oxygen atoms in total. The molecule has 2 heterocycles. The highest BCUT2D eigenvalue weighted by molar-refractivity contribution is 7.13. The SMILES string of the molecule is Cn1nccc1N/N=c1\c(=O)cc/c(=N\Nc2nccs2)c1=O. The maximum atomic E-state index is 12.3. The summed E-state index contributed by atoms with van der Waals surface area (Å²) in [6.07, 6.45) is 3.18. The molecule has 0 saturated carbocycles. The summed E-state index contributed by atoms with van der Waals surface area (Å²) < 4.78 is 1.52. The molecule has 23 heavy (non-hydrogen) atoms. The number of nitrogens with zero attached hydrogens (tertiary/aromatic N) is 5. The largest absolute Gasteiger partial charge is 0.287 e. The molecule has 116 valence electrons. The van der Waals surface area contributed by atoms with Crippen molar-refractivity contribution >= 4 is 22.3 Å². The second-order valence-electron chi connectivity index (χ2n) is 4.39. The van der Waals surface area contributed by atoms with Crippen molar-refractivity contribution in [3.63, 3.8) is 0 Å². The molecule has 0 radical (unpaired) electrons. The van der Waals surface area contributed by atoms with Crippen molar-refractivity contribution in [1.82, 2.24) is 14.8 Å². The number of nitrogens with one attached hydrogen (secondary N) is 2. The van der Waals surface area contributed by atoms with Crippen molar-refractivity contribution in [2.24, 2.45) is 17.3 Å². The van der Waals surface area contributed by atoms with Crippen LogP contribution in [-0.2, 0) is 7.05 Å². The van der Waals surface area contributed by atoms with E-state index in [2.05, 4.69) is 31.1 Å². The third kappa shape index (κ3) is 3.21. The lowest BCUT2D eigenvalue weighted by Gasteiger charge is -1.98. The zero-order valence-electron chi connectivity index (χ0n) is 11.9. The Hall–Kier alpha value is -3.14. The molecule has 0 aliphatic heterocycles. The summed E-state index contributed by atoms with van der Waals surface area (Å²) in [4.78, 5) is 28.1. The van der Waals surface area contributed by atoms with Gasteiger partial charge in [-0.15, -0.1) is 11.3 Å². The van der Waals surface area contributed by atoms with E-state index in [0.29, 0.717) is 10.9 Å². The predicted octanol–water partition coefficient (Wildman–Crippen LogP) is -0.672. The van der Waals surface area contributed by atoms with E-state index >= 15 is 0 Å². The van der Waals surface area contributed by atoms with Crippen molar-refractivity contribution in [3.05, 3.63) is 67.1 Å². The number of anilines is 2. The van der Waals surface area contributed by atoms with Gasteiger partial charge in [0.1, 0.15) is 11.2 Å². The highest BCUT2D eigenvalue weighted by Gasteiger charge is 2.02. The van der Waals surface area contributed by atoms with Crippen LogP contribution >= 0.6 is 11.3 Å². The Balaban J connectivity index is 1.99. The molecule has 1 aromatic carbocycles. The van der Waals surface area contributed by atoms with Gasteiger partial charge in [-0.05, 0) is 12.1 Å². The van der Waals surface area contributed by atoms with Crippen LogP contribution in [0.4, 0.5) is 10.9 Å². The van der Waals surface area contributed by atoms with Crippen molar-refractivity contribution in [2.75, 3.05) is 10.9 Å². The smallest absolute Gasteiger partial charge is 0.237 e. The van der Waals surface area contributed by atoms with Gasteiger partial charge in [-0.3, -0.25) is 25.1 Å². The van der Waals surface area contributed by atoms with E-state index in [1.165, 1.54) is 28.2 Å². The maximum Gasteiger partial charge on any atom is 0.237 e. The van der Waals surface area contributed by atoms with Gasteiger partial charge in [0.25, 0.3) is 0 Å². The molecule has 0 atom stereocenters. The fourth-order valence-electron chi connectivity index (χ4n) is 1.72. The van der Waals surface area contributed by atoms with Crippen LogP contribution in [0.5, 0.6) is 0 Å². The minimum atomic E-state index is -0.573. The number of aromatic nitrogens is 3. The first-order valence-electron chi connectivity index (χ1n) is 6.47. The minimum absolute atomic E-state index is 0.0744. The second kappa shape index (κ2) is 6.32. The molecule has 0 bridgehead atoms. The lowest BCUT2D eigenvalue weighted by atomic mass is 10.3. The van der Waals surface area contributed by atoms with E-state index in [0.717, 1.165) is 0 Å². The molecule has 0 fully saturated rings. The second-order valence-corrected chi connectivity index (χ2v) is 5.28. The highest BCUT2D eigenvalue weighted by Crippen LogP contribution is 2.08. The van der Waals surface area contributed by atoms with E-state index in [9.17, 15) is 9.59 Å². The molecule has 2 N–H and O–H groups in total. The molecular weight excluding hydrogens is 318 g/mol. The number of aryl methyl sites for hydroxylation is 1. The first-order chi connectivity index (χ1) is 11.1. The van der Waals surface area contributed by atoms with Crippen LogP contribution in [-0.4, -0.2) is 14.8 Å². The third-order valence-corrected chi connectivity index (χ3v) is 3.56. The number of benzene rings is 1. The van der Waals surface area contributed by atoms with Gasteiger partial charge >= 0.3 is 0 Å². The summed E-state index contributed by atoms with van der Waals surface area (Å²) in [6, 6.07) is 4.25. The van der Waals surface area contributed by atoms with Gasteiger partial charge in [-0.2, -0.15) is 15.3 Å². The molecule has 2 aromatic heterocycles. The number of hydrogen-bond acceptors (Lipinski definition) is 9. The summed E-state index contributed by atoms with van der Waals surface area (Å²) in [5.41, 5.74) is 4.24. The number of rotatable bonds is 4. The van der Waals surface area contributed by atoms with Crippen LogP contribution in [0.25, 0.3) is 0 Å². The van der Waals surface area contributed by atoms with Gasteiger partial charge in [0.2, 0.25) is 16.0 Å². The normalized spacial score (nSPS) is 12.6. The Morgan fingerprint density at radius 1 is 1.13 bits per heavy atom.